The van der Waals surface area contributed by atoms with Gasteiger partial charge in [0, 0.05) is 23.7 Å². The van der Waals surface area contributed by atoms with Crippen LogP contribution in [0.15, 0.2) is 52.8 Å². The Morgan fingerprint density at radius 1 is 0.941 bits per heavy atom. The molecule has 0 aliphatic heterocycles. The van der Waals surface area contributed by atoms with Gasteiger partial charge in [-0.25, -0.2) is 0 Å². The van der Waals surface area contributed by atoms with Crippen molar-refractivity contribution in [1.29, 1.82) is 0 Å². The molecule has 0 unspecified atom stereocenters. The Morgan fingerprint density at radius 2 is 1.53 bits per heavy atom. The summed E-state index contributed by atoms with van der Waals surface area (Å²) >= 11 is 0. The number of halogens is 6. The van der Waals surface area contributed by atoms with Gasteiger partial charge in [-0.2, -0.15) is 26.3 Å². The lowest BCUT2D eigenvalue weighted by atomic mass is 10.0. The van der Waals surface area contributed by atoms with Gasteiger partial charge in [-0.1, -0.05) is 29.4 Å². The molecular formula is C21H19F6N3O4. The van der Waals surface area contributed by atoms with Gasteiger partial charge in [0.1, 0.15) is 13.7 Å². The molecule has 34 heavy (non-hydrogen) atoms. The summed E-state index contributed by atoms with van der Waals surface area (Å²) in [4.78, 5) is 21.9. The Hall–Kier alpha value is -3.77. The van der Waals surface area contributed by atoms with Crippen molar-refractivity contribution in [3.63, 3.8) is 0 Å². The minimum Gasteiger partial charge on any atom is -0.479 e. The Kier molecular flexibility index (Phi) is 8.49. The molecule has 2 aromatic rings. The fraction of sp³-hybridized carbons (Fsp3) is 0.286. The van der Waals surface area contributed by atoms with Crippen LogP contribution in [0, 0.1) is 0 Å². The zero-order chi connectivity index (χ0) is 25.5. The molecule has 2 rings (SSSR count). The molecule has 13 heteroatoms. The summed E-state index contributed by atoms with van der Waals surface area (Å²) in [7, 11) is 3.63. The van der Waals surface area contributed by atoms with E-state index in [4.69, 9.17) is 9.57 Å². The number of methoxy groups -OCH3 is 1. The lowest BCUT2D eigenvalue weighted by Gasteiger charge is -2.15. The Morgan fingerprint density at radius 3 is 2.03 bits per heavy atom. The van der Waals surface area contributed by atoms with Gasteiger partial charge in [0.2, 0.25) is 0 Å². The van der Waals surface area contributed by atoms with E-state index in [-0.39, 0.29) is 18.4 Å². The van der Waals surface area contributed by atoms with Crippen molar-refractivity contribution in [2.24, 2.45) is 10.3 Å². The van der Waals surface area contributed by atoms with Gasteiger partial charge in [0.05, 0.1) is 18.2 Å². The van der Waals surface area contributed by atoms with Crippen LogP contribution >= 0.6 is 0 Å². The lowest BCUT2D eigenvalue weighted by Crippen LogP contribution is -2.29. The molecule has 0 atom stereocenters. The number of carbonyl (C=O) groups excluding carboxylic acids is 1. The van der Waals surface area contributed by atoms with Crippen molar-refractivity contribution < 1.29 is 45.5 Å². The van der Waals surface area contributed by atoms with Gasteiger partial charge in [-0.15, -0.1) is 0 Å². The molecule has 1 N–H and O–H groups in total. The number of amides is 1. The van der Waals surface area contributed by atoms with Crippen LogP contribution in [-0.4, -0.2) is 38.8 Å². The number of hydrogen-bond acceptors (Lipinski definition) is 6. The second kappa shape index (κ2) is 10.9. The van der Waals surface area contributed by atoms with E-state index in [0.29, 0.717) is 23.3 Å². The average Bonchev–Trinajstić information content (AvgIpc) is 2.78. The maximum Gasteiger partial charge on any atom is 0.416 e. The Balaban J connectivity index is 2.40. The number of nitrogens with zero attached hydrogens (tertiary/aromatic N) is 2. The molecule has 184 valence electrons. The fourth-order valence-corrected chi connectivity index (χ4v) is 2.75. The molecule has 0 aliphatic carbocycles. The molecule has 0 aliphatic rings. The van der Waals surface area contributed by atoms with Gasteiger partial charge in [0.25, 0.3) is 11.8 Å². The van der Waals surface area contributed by atoms with E-state index in [1.165, 1.54) is 20.2 Å². The molecule has 7 nitrogen and oxygen atoms in total. The van der Waals surface area contributed by atoms with E-state index in [1.54, 1.807) is 18.2 Å². The summed E-state index contributed by atoms with van der Waals surface area (Å²) in [6.07, 6.45) is -10.1. The largest absolute Gasteiger partial charge is 0.479 e. The second-order valence-corrected chi connectivity index (χ2v) is 6.53. The van der Waals surface area contributed by atoms with Crippen LogP contribution in [0.2, 0.25) is 0 Å². The first kappa shape index (κ1) is 26.5. The third kappa shape index (κ3) is 6.62. The van der Waals surface area contributed by atoms with Crippen LogP contribution in [-0.2, 0) is 38.2 Å². The Bertz CT molecular complexity index is 1050. The van der Waals surface area contributed by atoms with Crippen molar-refractivity contribution >= 4 is 17.5 Å². The van der Waals surface area contributed by atoms with Crippen LogP contribution in [0.3, 0.4) is 0 Å². The molecule has 0 heterocycles. The molecule has 0 saturated heterocycles. The maximum atomic E-state index is 13.1. The van der Waals surface area contributed by atoms with Crippen molar-refractivity contribution in [2.75, 3.05) is 21.3 Å². The highest BCUT2D eigenvalue weighted by Gasteiger charge is 2.37. The predicted octanol–water partition coefficient (Wildman–Crippen LogP) is 4.35. The molecule has 0 fully saturated rings. The van der Waals surface area contributed by atoms with E-state index < -0.39 is 40.8 Å². The van der Waals surface area contributed by atoms with Gasteiger partial charge in [-0.05, 0) is 23.4 Å². The van der Waals surface area contributed by atoms with E-state index in [0.717, 1.165) is 7.11 Å². The zero-order valence-corrected chi connectivity index (χ0v) is 18.0. The summed E-state index contributed by atoms with van der Waals surface area (Å²) in [6, 6.07) is 7.22. The molecule has 0 saturated carbocycles. The topological polar surface area (TPSA) is 81.5 Å². The number of oxime groups is 2. The van der Waals surface area contributed by atoms with Gasteiger partial charge >= 0.3 is 12.4 Å². The standard InChI is InChI=1S/C21H19F6N3O4/c1-28-18(31)17(29-33-3)16-7-5-4-6-12(16)11-34-30-19(32-2)13-8-14(20(22,23)24)10-15(9-13)21(25,26)27/h4-10H,11H2,1-3H3,(H,28,31)/b29-17+,30-19-. The highest BCUT2D eigenvalue weighted by atomic mass is 19.4. The van der Waals surface area contributed by atoms with Crippen LogP contribution in [0.25, 0.3) is 0 Å². The van der Waals surface area contributed by atoms with E-state index in [9.17, 15) is 31.1 Å². The highest BCUT2D eigenvalue weighted by Crippen LogP contribution is 2.36. The van der Waals surface area contributed by atoms with Crippen molar-refractivity contribution in [1.82, 2.24) is 5.32 Å². The molecule has 0 spiro atoms. The van der Waals surface area contributed by atoms with E-state index >= 15 is 0 Å². The molecule has 0 radical (unpaired) electrons. The number of hydrogen-bond donors (Lipinski definition) is 1. The van der Waals surface area contributed by atoms with Crippen LogP contribution in [0.5, 0.6) is 0 Å². The van der Waals surface area contributed by atoms with Gasteiger partial charge < -0.3 is 19.7 Å². The first-order chi connectivity index (χ1) is 15.9. The first-order valence-corrected chi connectivity index (χ1v) is 9.37. The molecule has 2 aromatic carbocycles. The molecule has 0 bridgehead atoms. The number of ether oxygens (including phenoxy) is 1. The zero-order valence-electron chi connectivity index (χ0n) is 18.0. The summed E-state index contributed by atoms with van der Waals surface area (Å²) in [5.74, 6) is -1.19. The quantitative estimate of drug-likeness (QED) is 0.270. The van der Waals surface area contributed by atoms with Crippen LogP contribution in [0.1, 0.15) is 27.8 Å². The van der Waals surface area contributed by atoms with Crippen LogP contribution < -0.4 is 5.32 Å². The van der Waals surface area contributed by atoms with E-state index in [2.05, 4.69) is 20.5 Å². The third-order valence-electron chi connectivity index (χ3n) is 4.29. The maximum absolute atomic E-state index is 13.1. The predicted molar refractivity (Wildman–Crippen MR) is 109 cm³/mol. The SMILES string of the molecule is CNC(=O)/C(=N/OC)c1ccccc1CO/N=C(\OC)c1cc(C(F)(F)F)cc(C(F)(F)F)c1. The number of likely N-dealkylation sites (N-methyl/N-ethyl adjacent to an activating group) is 1. The minimum atomic E-state index is -5.04. The number of nitrogens with one attached hydrogen (secondary N) is 1. The summed E-state index contributed by atoms with van der Waals surface area (Å²) < 4.78 is 83.6. The normalized spacial score (nSPS) is 12.9. The number of benzene rings is 2. The Labute approximate surface area is 190 Å². The highest BCUT2D eigenvalue weighted by molar-refractivity contribution is 6.45. The fourth-order valence-electron chi connectivity index (χ4n) is 2.75. The molecular weight excluding hydrogens is 472 g/mol. The van der Waals surface area contributed by atoms with Crippen LogP contribution in [0.4, 0.5) is 26.3 Å². The summed E-state index contributed by atoms with van der Waals surface area (Å²) in [5, 5.41) is 9.62. The number of carbonyl (C=O) groups is 1. The molecule has 1 amide bonds. The van der Waals surface area contributed by atoms with Crippen molar-refractivity contribution in [2.45, 2.75) is 19.0 Å². The smallest absolute Gasteiger partial charge is 0.416 e. The van der Waals surface area contributed by atoms with Crippen molar-refractivity contribution in [3.8, 4) is 0 Å². The summed E-state index contributed by atoms with van der Waals surface area (Å²) in [5.41, 5.74) is -3.06. The number of alkyl halides is 6. The second-order valence-electron chi connectivity index (χ2n) is 6.53. The first-order valence-electron chi connectivity index (χ1n) is 9.37. The van der Waals surface area contributed by atoms with Gasteiger partial charge in [0.15, 0.2) is 5.71 Å². The third-order valence-corrected chi connectivity index (χ3v) is 4.29. The monoisotopic (exact) mass is 491 g/mol. The van der Waals surface area contributed by atoms with Crippen molar-refractivity contribution in [3.05, 3.63) is 70.3 Å². The average molecular weight is 491 g/mol. The summed E-state index contributed by atoms with van der Waals surface area (Å²) in [6.45, 7) is -0.326. The van der Waals surface area contributed by atoms with E-state index in [1.807, 2.05) is 0 Å². The lowest BCUT2D eigenvalue weighted by molar-refractivity contribution is -0.143. The number of rotatable bonds is 7. The van der Waals surface area contributed by atoms with Gasteiger partial charge in [-0.3, -0.25) is 4.79 Å². The molecule has 0 aromatic heterocycles. The minimum absolute atomic E-state index is 0.0106.